The van der Waals surface area contributed by atoms with E-state index in [1.165, 1.54) is 0 Å². The maximum atomic E-state index is 5.88. The van der Waals surface area contributed by atoms with Crippen LogP contribution in [0.5, 0.6) is 0 Å². The minimum absolute atomic E-state index is 0. The third-order valence-electron chi connectivity index (χ3n) is 2.00. The third-order valence-corrected chi connectivity index (χ3v) is 2.00. The van der Waals surface area contributed by atoms with E-state index >= 15 is 0 Å². The Hall–Kier alpha value is -0.470. The lowest BCUT2D eigenvalue weighted by Gasteiger charge is -2.05. The fourth-order valence-corrected chi connectivity index (χ4v) is 1.24. The van der Waals surface area contributed by atoms with E-state index in [1.54, 1.807) is 0 Å². The molecule has 1 aromatic rings. The number of aryl methyl sites for hydroxylation is 1. The van der Waals surface area contributed by atoms with E-state index in [4.69, 9.17) is 10.2 Å². The second-order valence-corrected chi connectivity index (χ2v) is 3.05. The maximum absolute atomic E-state index is 5.88. The number of rotatable bonds is 4. The summed E-state index contributed by atoms with van der Waals surface area (Å²) in [6, 6.07) is 4.07. The number of hydrogen-bond acceptors (Lipinski definition) is 2. The maximum Gasteiger partial charge on any atom is 0.120 e. The molecule has 3 heteroatoms. The number of hydrogen-bond donors (Lipinski definition) is 1. The van der Waals surface area contributed by atoms with Crippen molar-refractivity contribution in [3.05, 3.63) is 23.7 Å². The van der Waals surface area contributed by atoms with E-state index in [-0.39, 0.29) is 18.4 Å². The lowest BCUT2D eigenvalue weighted by molar-refractivity contribution is 0.423. The fourth-order valence-electron chi connectivity index (χ4n) is 1.24. The molecule has 0 saturated heterocycles. The first-order valence-corrected chi connectivity index (χ1v) is 4.62. The summed E-state index contributed by atoms with van der Waals surface area (Å²) in [5.41, 5.74) is 5.88. The molecule has 76 valence electrons. The van der Waals surface area contributed by atoms with Gasteiger partial charge in [-0.15, -0.1) is 12.4 Å². The van der Waals surface area contributed by atoms with Crippen LogP contribution in [0.25, 0.3) is 0 Å². The molecule has 0 unspecified atom stereocenters. The first kappa shape index (κ1) is 12.5. The van der Waals surface area contributed by atoms with Crippen LogP contribution in [0.4, 0.5) is 0 Å². The van der Waals surface area contributed by atoms with Gasteiger partial charge in [0.25, 0.3) is 0 Å². The van der Waals surface area contributed by atoms with E-state index in [0.29, 0.717) is 0 Å². The molecular weight excluding hydrogens is 186 g/mol. The second-order valence-electron chi connectivity index (χ2n) is 3.05. The van der Waals surface area contributed by atoms with Crippen LogP contribution in [0, 0.1) is 0 Å². The molecule has 0 aliphatic rings. The molecule has 0 radical (unpaired) electrons. The normalized spacial score (nSPS) is 12.2. The number of furan rings is 1. The van der Waals surface area contributed by atoms with Gasteiger partial charge < -0.3 is 10.2 Å². The van der Waals surface area contributed by atoms with Crippen LogP contribution < -0.4 is 5.73 Å². The van der Waals surface area contributed by atoms with Crippen LogP contribution in [-0.2, 0) is 6.42 Å². The first-order valence-electron chi connectivity index (χ1n) is 4.62. The molecule has 0 bridgehead atoms. The van der Waals surface area contributed by atoms with Crippen molar-refractivity contribution in [3.8, 4) is 0 Å². The Kier molecular flexibility index (Phi) is 5.84. The Bertz CT molecular complexity index is 235. The Morgan fingerprint density at radius 2 is 2.08 bits per heavy atom. The molecule has 1 heterocycles. The fraction of sp³-hybridized carbons (Fsp3) is 0.600. The van der Waals surface area contributed by atoms with Gasteiger partial charge in [-0.25, -0.2) is 0 Å². The minimum Gasteiger partial charge on any atom is -0.464 e. The van der Waals surface area contributed by atoms with Gasteiger partial charge in [-0.1, -0.05) is 20.3 Å². The van der Waals surface area contributed by atoms with Crippen LogP contribution >= 0.6 is 12.4 Å². The predicted octanol–water partition coefficient (Wildman–Crippen LogP) is 3.06. The highest BCUT2D eigenvalue weighted by Crippen LogP contribution is 2.18. The average molecular weight is 204 g/mol. The Balaban J connectivity index is 0.00000144. The molecule has 1 rings (SSSR count). The van der Waals surface area contributed by atoms with Gasteiger partial charge >= 0.3 is 0 Å². The Morgan fingerprint density at radius 1 is 1.38 bits per heavy atom. The summed E-state index contributed by atoms with van der Waals surface area (Å²) in [7, 11) is 0. The average Bonchev–Trinajstić information content (AvgIpc) is 2.52. The van der Waals surface area contributed by atoms with Crippen molar-refractivity contribution in [3.63, 3.8) is 0 Å². The zero-order valence-corrected chi connectivity index (χ0v) is 9.06. The number of nitrogens with two attached hydrogens (primary N) is 1. The second kappa shape index (κ2) is 6.06. The molecule has 0 aliphatic heterocycles. The van der Waals surface area contributed by atoms with Crippen molar-refractivity contribution in [2.24, 2.45) is 5.73 Å². The van der Waals surface area contributed by atoms with E-state index in [0.717, 1.165) is 30.8 Å². The van der Waals surface area contributed by atoms with Crippen molar-refractivity contribution in [2.45, 2.75) is 39.2 Å². The monoisotopic (exact) mass is 203 g/mol. The molecule has 0 aromatic carbocycles. The van der Waals surface area contributed by atoms with Crippen molar-refractivity contribution in [1.82, 2.24) is 0 Å². The highest BCUT2D eigenvalue weighted by molar-refractivity contribution is 5.85. The smallest absolute Gasteiger partial charge is 0.120 e. The van der Waals surface area contributed by atoms with Gasteiger partial charge in [-0.05, 0) is 18.6 Å². The van der Waals surface area contributed by atoms with E-state index < -0.39 is 0 Å². The molecule has 1 aromatic heterocycles. The molecule has 13 heavy (non-hydrogen) atoms. The molecule has 0 spiro atoms. The third kappa shape index (κ3) is 3.41. The van der Waals surface area contributed by atoms with Crippen molar-refractivity contribution >= 4 is 12.4 Å². The predicted molar refractivity (Wildman–Crippen MR) is 57.2 cm³/mol. The molecule has 0 amide bonds. The number of halogens is 1. The topological polar surface area (TPSA) is 39.2 Å². The zero-order chi connectivity index (χ0) is 8.97. The van der Waals surface area contributed by atoms with E-state index in [1.807, 2.05) is 12.1 Å². The van der Waals surface area contributed by atoms with Crippen molar-refractivity contribution in [2.75, 3.05) is 0 Å². The van der Waals surface area contributed by atoms with Crippen LogP contribution in [0.3, 0.4) is 0 Å². The van der Waals surface area contributed by atoms with E-state index in [2.05, 4.69) is 13.8 Å². The van der Waals surface area contributed by atoms with Gasteiger partial charge in [0, 0.05) is 6.42 Å². The lowest BCUT2D eigenvalue weighted by atomic mass is 10.1. The summed E-state index contributed by atoms with van der Waals surface area (Å²) < 4.78 is 5.52. The van der Waals surface area contributed by atoms with Gasteiger partial charge in [0.1, 0.15) is 11.5 Å². The molecular formula is C10H18ClNO. The molecule has 1 atom stereocenters. The van der Waals surface area contributed by atoms with Crippen molar-refractivity contribution < 1.29 is 4.42 Å². The molecule has 0 aliphatic carbocycles. The van der Waals surface area contributed by atoms with Gasteiger partial charge in [-0.2, -0.15) is 0 Å². The minimum atomic E-state index is 0. The van der Waals surface area contributed by atoms with E-state index in [9.17, 15) is 0 Å². The molecule has 2 nitrogen and oxygen atoms in total. The zero-order valence-electron chi connectivity index (χ0n) is 8.25. The molecule has 0 saturated carbocycles. The summed E-state index contributed by atoms with van der Waals surface area (Å²) in [6.45, 7) is 4.21. The Labute approximate surface area is 85.9 Å². The van der Waals surface area contributed by atoms with Gasteiger partial charge in [0.2, 0.25) is 0 Å². The summed E-state index contributed by atoms with van der Waals surface area (Å²) in [5.74, 6) is 1.95. The van der Waals surface area contributed by atoms with Gasteiger partial charge in [0.05, 0.1) is 6.04 Å². The summed E-state index contributed by atoms with van der Waals surface area (Å²) in [6.07, 6.45) is 3.04. The van der Waals surface area contributed by atoms with Crippen LogP contribution in [0.15, 0.2) is 16.5 Å². The van der Waals surface area contributed by atoms with Crippen LogP contribution in [-0.4, -0.2) is 0 Å². The largest absolute Gasteiger partial charge is 0.464 e. The lowest BCUT2D eigenvalue weighted by Crippen LogP contribution is -2.08. The van der Waals surface area contributed by atoms with Crippen molar-refractivity contribution in [1.29, 1.82) is 0 Å². The highest BCUT2D eigenvalue weighted by atomic mass is 35.5. The summed E-state index contributed by atoms with van der Waals surface area (Å²) >= 11 is 0. The quantitative estimate of drug-likeness (QED) is 0.817. The summed E-state index contributed by atoms with van der Waals surface area (Å²) in [4.78, 5) is 0. The first-order chi connectivity index (χ1) is 5.77. The van der Waals surface area contributed by atoms with Crippen LogP contribution in [0.2, 0.25) is 0 Å². The molecule has 0 fully saturated rings. The van der Waals surface area contributed by atoms with Crippen LogP contribution in [0.1, 0.15) is 44.3 Å². The summed E-state index contributed by atoms with van der Waals surface area (Å²) in [5, 5.41) is 0. The highest BCUT2D eigenvalue weighted by Gasteiger charge is 2.08. The van der Waals surface area contributed by atoms with Gasteiger partial charge in [-0.3, -0.25) is 0 Å². The van der Waals surface area contributed by atoms with Gasteiger partial charge in [0.15, 0.2) is 0 Å². The Morgan fingerprint density at radius 3 is 2.54 bits per heavy atom. The standard InChI is InChI=1S/C10H17NO.ClH/c1-3-5-9(11)10-7-6-8(4-2)12-10;/h6-7,9H,3-5,11H2,1-2H3;1H/t9-;/m1./s1. The molecule has 2 N–H and O–H groups in total. The SMILES string of the molecule is CCC[C@@H](N)c1ccc(CC)o1.Cl.